The van der Waals surface area contributed by atoms with Crippen molar-refractivity contribution in [1.82, 2.24) is 0 Å². The monoisotopic (exact) mass is 1310 g/mol. The number of rotatable bonds is 67. The van der Waals surface area contributed by atoms with Crippen LogP contribution in [-0.2, 0) is 65.4 Å². The molecule has 528 valence electrons. The second-order valence-corrected chi connectivity index (χ2v) is 29.8. The first kappa shape index (κ1) is 87.1. The molecule has 0 fully saturated rings. The van der Waals surface area contributed by atoms with Crippen molar-refractivity contribution in [2.24, 2.45) is 23.7 Å². The van der Waals surface area contributed by atoms with Crippen LogP contribution in [-0.4, -0.2) is 96.7 Å². The maximum Gasteiger partial charge on any atom is 0.472 e. The van der Waals surface area contributed by atoms with Crippen LogP contribution in [0.1, 0.15) is 344 Å². The summed E-state index contributed by atoms with van der Waals surface area (Å²) in [6.07, 6.45) is 41.9. The number of phosphoric acid groups is 2. The quantitative estimate of drug-likeness (QED) is 0.0222. The second-order valence-electron chi connectivity index (χ2n) is 26.9. The van der Waals surface area contributed by atoms with Crippen LogP contribution >= 0.6 is 15.6 Å². The first-order chi connectivity index (χ1) is 42.6. The molecule has 0 bridgehead atoms. The molecule has 89 heavy (non-hydrogen) atoms. The van der Waals surface area contributed by atoms with Crippen LogP contribution in [0.25, 0.3) is 0 Å². The van der Waals surface area contributed by atoms with Crippen molar-refractivity contribution in [2.75, 3.05) is 39.6 Å². The fourth-order valence-corrected chi connectivity index (χ4v) is 12.0. The third-order valence-corrected chi connectivity index (χ3v) is 18.3. The van der Waals surface area contributed by atoms with E-state index in [2.05, 4.69) is 55.4 Å². The summed E-state index contributed by atoms with van der Waals surface area (Å²) < 4.78 is 68.2. The Hall–Kier alpha value is -1.94. The molecule has 3 N–H and O–H groups in total. The van der Waals surface area contributed by atoms with E-state index in [0.717, 1.165) is 115 Å². The summed E-state index contributed by atoms with van der Waals surface area (Å²) in [6.45, 7) is 14.0. The van der Waals surface area contributed by atoms with Gasteiger partial charge < -0.3 is 33.8 Å². The summed E-state index contributed by atoms with van der Waals surface area (Å²) in [4.78, 5) is 72.5. The number of phosphoric ester groups is 2. The lowest BCUT2D eigenvalue weighted by Crippen LogP contribution is -2.30. The van der Waals surface area contributed by atoms with Crippen LogP contribution in [0.15, 0.2) is 0 Å². The highest BCUT2D eigenvalue weighted by atomic mass is 31.2. The number of hydrogen-bond acceptors (Lipinski definition) is 15. The summed E-state index contributed by atoms with van der Waals surface area (Å²) in [6, 6.07) is 0. The van der Waals surface area contributed by atoms with Gasteiger partial charge in [0, 0.05) is 25.7 Å². The second kappa shape index (κ2) is 59.8. The van der Waals surface area contributed by atoms with Crippen LogP contribution in [0.3, 0.4) is 0 Å². The molecule has 0 aliphatic heterocycles. The Morgan fingerprint density at radius 1 is 0.315 bits per heavy atom. The number of carbonyl (C=O) groups excluding carboxylic acids is 4. The highest BCUT2D eigenvalue weighted by Crippen LogP contribution is 2.45. The first-order valence-corrected chi connectivity index (χ1v) is 39.2. The van der Waals surface area contributed by atoms with E-state index < -0.39 is 97.5 Å². The Kier molecular flexibility index (Phi) is 58.5. The van der Waals surface area contributed by atoms with Gasteiger partial charge in [-0.2, -0.15) is 0 Å². The average Bonchev–Trinajstić information content (AvgIpc) is 3.69. The molecule has 3 unspecified atom stereocenters. The zero-order valence-corrected chi connectivity index (χ0v) is 59.8. The predicted molar refractivity (Wildman–Crippen MR) is 358 cm³/mol. The molecule has 0 spiro atoms. The number of aliphatic hydroxyl groups is 1. The van der Waals surface area contributed by atoms with E-state index in [1.54, 1.807) is 0 Å². The Balaban J connectivity index is 5.21. The molecule has 0 aromatic rings. The lowest BCUT2D eigenvalue weighted by molar-refractivity contribution is -0.161. The molecular weight excluding hydrogens is 1170 g/mol. The summed E-state index contributed by atoms with van der Waals surface area (Å²) in [7, 11) is -9.90. The van der Waals surface area contributed by atoms with Crippen molar-refractivity contribution in [3.63, 3.8) is 0 Å². The van der Waals surface area contributed by atoms with Gasteiger partial charge >= 0.3 is 39.5 Å². The van der Waals surface area contributed by atoms with Crippen LogP contribution < -0.4 is 0 Å². The number of carbonyl (C=O) groups is 4. The van der Waals surface area contributed by atoms with Crippen molar-refractivity contribution < 1.29 is 80.2 Å². The molecule has 0 aromatic heterocycles. The Bertz CT molecular complexity index is 1770. The Morgan fingerprint density at radius 3 is 0.798 bits per heavy atom. The van der Waals surface area contributed by atoms with Crippen molar-refractivity contribution in [3.05, 3.63) is 0 Å². The largest absolute Gasteiger partial charge is 0.472 e. The molecule has 17 nitrogen and oxygen atoms in total. The SMILES string of the molecule is CCC(C)CCCCCCCCCCCCCCCCC(=O)O[C@H](COC(=O)CCCCCCCCCC(C)C)COP(=O)(O)OC[C@@H](O)COP(=O)(O)OC[C@@H](COC(=O)CCCCCCCCC(C)C)OC(=O)CCCCCCCCCCCC(C)C. The molecule has 0 aliphatic rings. The van der Waals surface area contributed by atoms with Crippen molar-refractivity contribution in [3.8, 4) is 0 Å². The van der Waals surface area contributed by atoms with Gasteiger partial charge in [0.15, 0.2) is 12.2 Å². The van der Waals surface area contributed by atoms with E-state index in [9.17, 15) is 43.2 Å². The highest BCUT2D eigenvalue weighted by molar-refractivity contribution is 7.47. The van der Waals surface area contributed by atoms with Crippen molar-refractivity contribution in [1.29, 1.82) is 0 Å². The molecule has 0 rings (SSSR count). The van der Waals surface area contributed by atoms with E-state index in [4.69, 9.17) is 37.0 Å². The summed E-state index contributed by atoms with van der Waals surface area (Å²) >= 11 is 0. The van der Waals surface area contributed by atoms with Gasteiger partial charge in [-0.05, 0) is 49.4 Å². The number of ether oxygens (including phenoxy) is 4. The Morgan fingerprint density at radius 2 is 0.539 bits per heavy atom. The van der Waals surface area contributed by atoms with E-state index >= 15 is 0 Å². The number of unbranched alkanes of at least 4 members (excludes halogenated alkanes) is 32. The van der Waals surface area contributed by atoms with Crippen molar-refractivity contribution in [2.45, 2.75) is 363 Å². The van der Waals surface area contributed by atoms with Crippen LogP contribution in [0, 0.1) is 23.7 Å². The highest BCUT2D eigenvalue weighted by Gasteiger charge is 2.30. The first-order valence-electron chi connectivity index (χ1n) is 36.2. The maximum atomic E-state index is 13.0. The summed E-state index contributed by atoms with van der Waals surface area (Å²) in [5, 5.41) is 10.6. The maximum absolute atomic E-state index is 13.0. The van der Waals surface area contributed by atoms with E-state index in [1.165, 1.54) is 135 Å². The molecule has 6 atom stereocenters. The minimum absolute atomic E-state index is 0.104. The van der Waals surface area contributed by atoms with Gasteiger partial charge in [0.2, 0.25) is 0 Å². The fraction of sp³-hybridized carbons (Fsp3) is 0.943. The van der Waals surface area contributed by atoms with Crippen LogP contribution in [0.2, 0.25) is 0 Å². The van der Waals surface area contributed by atoms with Gasteiger partial charge in [-0.25, -0.2) is 9.13 Å². The average molecular weight is 1310 g/mol. The summed E-state index contributed by atoms with van der Waals surface area (Å²) in [5.74, 6) is 0.834. The number of esters is 4. The molecule has 0 radical (unpaired) electrons. The minimum atomic E-state index is -4.95. The molecule has 0 aliphatic carbocycles. The third kappa shape index (κ3) is 63.2. The van der Waals surface area contributed by atoms with Gasteiger partial charge in [0.25, 0.3) is 0 Å². The molecule has 0 saturated carbocycles. The standard InChI is InChI=1S/C70H136O17P2/c1-9-63(8)49-41-33-24-18-14-12-10-11-13-15-19-25-36-44-52-69(74)86-65(56-80-67(72)50-42-34-27-21-23-31-39-47-61(4)5)58-84-88(76,77)82-54-64(71)55-83-89(78,79)85-59-66(57-81-68(73)51-43-35-29-28-32-40-48-62(6)7)87-70(75)53-45-37-26-20-16-17-22-30-38-46-60(2)3/h60-66,71H,9-59H2,1-8H3,(H,76,77)(H,78,79)/t63?,64-,65-,66-/m1/s1. The zero-order valence-electron chi connectivity index (χ0n) is 58.1. The van der Waals surface area contributed by atoms with Gasteiger partial charge in [-0.15, -0.1) is 0 Å². The van der Waals surface area contributed by atoms with Gasteiger partial charge in [0.1, 0.15) is 19.3 Å². The van der Waals surface area contributed by atoms with Crippen LogP contribution in [0.5, 0.6) is 0 Å². The third-order valence-electron chi connectivity index (χ3n) is 16.4. The van der Waals surface area contributed by atoms with Gasteiger partial charge in [-0.1, -0.05) is 293 Å². The summed E-state index contributed by atoms with van der Waals surface area (Å²) in [5.41, 5.74) is 0. The normalized spacial score (nSPS) is 14.6. The molecule has 0 aromatic carbocycles. The van der Waals surface area contributed by atoms with E-state index in [1.807, 2.05) is 0 Å². The number of aliphatic hydroxyl groups excluding tert-OH is 1. The van der Waals surface area contributed by atoms with E-state index in [-0.39, 0.29) is 25.7 Å². The van der Waals surface area contributed by atoms with Gasteiger partial charge in [-0.3, -0.25) is 37.3 Å². The molecule has 0 saturated heterocycles. The number of hydrogen-bond donors (Lipinski definition) is 3. The van der Waals surface area contributed by atoms with Crippen LogP contribution in [0.4, 0.5) is 0 Å². The van der Waals surface area contributed by atoms with Gasteiger partial charge in [0.05, 0.1) is 26.4 Å². The molecule has 0 amide bonds. The molecule has 19 heteroatoms. The fourth-order valence-electron chi connectivity index (χ4n) is 10.5. The van der Waals surface area contributed by atoms with Crippen molar-refractivity contribution >= 4 is 39.5 Å². The topological polar surface area (TPSA) is 237 Å². The molecule has 0 heterocycles. The lowest BCUT2D eigenvalue weighted by Gasteiger charge is -2.21. The lowest BCUT2D eigenvalue weighted by atomic mass is 9.99. The predicted octanol–water partition coefficient (Wildman–Crippen LogP) is 19.7. The smallest absolute Gasteiger partial charge is 0.462 e. The van der Waals surface area contributed by atoms with E-state index in [0.29, 0.717) is 37.5 Å². The zero-order chi connectivity index (χ0) is 66.1. The minimum Gasteiger partial charge on any atom is -0.462 e. The Labute approximate surface area is 543 Å². The molecular formula is C70H136O17P2.